The van der Waals surface area contributed by atoms with Gasteiger partial charge < -0.3 is 15.0 Å². The second-order valence-corrected chi connectivity index (χ2v) is 8.89. The van der Waals surface area contributed by atoms with Crippen molar-refractivity contribution in [1.82, 2.24) is 4.90 Å². The maximum Gasteiger partial charge on any atom is 0.416 e. The van der Waals surface area contributed by atoms with Gasteiger partial charge in [-0.15, -0.1) is 0 Å². The van der Waals surface area contributed by atoms with Crippen LogP contribution in [-0.2, 0) is 22.3 Å². The van der Waals surface area contributed by atoms with Gasteiger partial charge in [-0.3, -0.25) is 9.59 Å². The minimum atomic E-state index is -4.47. The Labute approximate surface area is 204 Å². The Morgan fingerprint density at radius 1 is 0.944 bits per heavy atom. The summed E-state index contributed by atoms with van der Waals surface area (Å²) in [6, 6.07) is 16.4. The maximum absolute atomic E-state index is 13.1. The van der Waals surface area contributed by atoms with Crippen LogP contribution in [-0.4, -0.2) is 35.3 Å². The number of ether oxygens (including phenoxy) is 1. The Kier molecular flexibility index (Phi) is 5.58. The van der Waals surface area contributed by atoms with Gasteiger partial charge in [-0.05, 0) is 72.0 Å². The van der Waals surface area contributed by atoms with Gasteiger partial charge in [0.05, 0.1) is 12.7 Å². The molecule has 1 heterocycles. The number of amides is 2. The molecule has 184 valence electrons. The highest BCUT2D eigenvalue weighted by molar-refractivity contribution is 6.05. The topological polar surface area (TPSA) is 75.7 Å². The van der Waals surface area contributed by atoms with Crippen molar-refractivity contribution in [2.75, 3.05) is 12.4 Å². The normalized spacial score (nSPS) is 15.9. The lowest BCUT2D eigenvalue weighted by atomic mass is 10.00. The van der Waals surface area contributed by atoms with E-state index >= 15 is 0 Å². The van der Waals surface area contributed by atoms with Crippen molar-refractivity contribution in [3.05, 3.63) is 89.0 Å². The number of fused-ring (bicyclic) bond motifs is 1. The number of nitrogens with one attached hydrogen (secondary N) is 1. The number of carbonyl (C=O) groups excluding carboxylic acids is 3. The smallest absolute Gasteiger partial charge is 0.416 e. The first-order chi connectivity index (χ1) is 17.1. The zero-order chi connectivity index (χ0) is 25.7. The summed E-state index contributed by atoms with van der Waals surface area (Å²) in [6.07, 6.45) is -3.29. The van der Waals surface area contributed by atoms with E-state index in [1.54, 1.807) is 35.2 Å². The molecule has 0 bridgehead atoms. The number of hydrogen-bond donors (Lipinski definition) is 1. The minimum absolute atomic E-state index is 0.106. The van der Waals surface area contributed by atoms with E-state index in [1.807, 2.05) is 12.1 Å². The highest BCUT2D eigenvalue weighted by Crippen LogP contribution is 2.47. The molecule has 2 amide bonds. The van der Waals surface area contributed by atoms with Crippen LogP contribution in [0.1, 0.15) is 44.7 Å². The fraction of sp³-hybridized carbons (Fsp3) is 0.222. The van der Waals surface area contributed by atoms with Crippen molar-refractivity contribution in [2.24, 2.45) is 0 Å². The predicted molar refractivity (Wildman–Crippen MR) is 125 cm³/mol. The first-order valence-electron chi connectivity index (χ1n) is 11.2. The monoisotopic (exact) mass is 494 g/mol. The fourth-order valence-corrected chi connectivity index (χ4v) is 4.48. The molecule has 0 saturated heterocycles. The standard InChI is InChI=1S/C27H21F3N2O4/c1-36-25(35)26(12-13-26)32-15-19-3-2-18(14-22(19)24(32)34)16-6-10-21(11-7-16)31-23(33)17-4-8-20(9-5-17)27(28,29)30/h2-11,14H,12-13,15H2,1H3,(H,31,33). The van der Waals surface area contributed by atoms with E-state index in [1.165, 1.54) is 7.11 Å². The van der Waals surface area contributed by atoms with Crippen molar-refractivity contribution in [2.45, 2.75) is 31.1 Å². The van der Waals surface area contributed by atoms with Gasteiger partial charge in [0.25, 0.3) is 11.8 Å². The van der Waals surface area contributed by atoms with Gasteiger partial charge in [-0.1, -0.05) is 24.3 Å². The fourth-order valence-electron chi connectivity index (χ4n) is 4.48. The Balaban J connectivity index is 1.29. The van der Waals surface area contributed by atoms with E-state index in [2.05, 4.69) is 5.32 Å². The summed E-state index contributed by atoms with van der Waals surface area (Å²) < 4.78 is 43.1. The largest absolute Gasteiger partial charge is 0.467 e. The van der Waals surface area contributed by atoms with Gasteiger partial charge in [-0.2, -0.15) is 13.2 Å². The van der Waals surface area contributed by atoms with Gasteiger partial charge in [0.15, 0.2) is 0 Å². The molecule has 1 N–H and O–H groups in total. The molecule has 2 aliphatic rings. The van der Waals surface area contributed by atoms with Crippen molar-refractivity contribution in [1.29, 1.82) is 0 Å². The summed E-state index contributed by atoms with van der Waals surface area (Å²) in [4.78, 5) is 39.3. The molecule has 0 aromatic heterocycles. The lowest BCUT2D eigenvalue weighted by Gasteiger charge is -2.25. The van der Waals surface area contributed by atoms with Crippen LogP contribution < -0.4 is 5.32 Å². The van der Waals surface area contributed by atoms with Gasteiger partial charge in [0.1, 0.15) is 5.54 Å². The molecule has 9 heteroatoms. The second kappa shape index (κ2) is 8.51. The number of benzene rings is 3. The molecule has 5 rings (SSSR count). The summed E-state index contributed by atoms with van der Waals surface area (Å²) in [6.45, 7) is 0.360. The quantitative estimate of drug-likeness (QED) is 0.490. The van der Waals surface area contributed by atoms with Crippen LogP contribution >= 0.6 is 0 Å². The van der Waals surface area contributed by atoms with Crippen LogP contribution in [0.2, 0.25) is 0 Å². The SMILES string of the molecule is COC(=O)C1(N2Cc3ccc(-c4ccc(NC(=O)c5ccc(C(F)(F)F)cc5)cc4)cc3C2=O)CC1. The number of carbonyl (C=O) groups is 3. The first kappa shape index (κ1) is 23.6. The summed E-state index contributed by atoms with van der Waals surface area (Å²) in [5.41, 5.74) is 1.89. The molecule has 1 fully saturated rings. The summed E-state index contributed by atoms with van der Waals surface area (Å²) in [5.74, 6) is -1.12. The van der Waals surface area contributed by atoms with Crippen molar-refractivity contribution in [3.63, 3.8) is 0 Å². The van der Waals surface area contributed by atoms with Crippen LogP contribution in [0.4, 0.5) is 18.9 Å². The zero-order valence-electron chi connectivity index (χ0n) is 19.2. The molecule has 36 heavy (non-hydrogen) atoms. The number of nitrogens with zero attached hydrogens (tertiary/aromatic N) is 1. The summed E-state index contributed by atoms with van der Waals surface area (Å²) in [7, 11) is 1.32. The third kappa shape index (κ3) is 4.10. The molecule has 6 nitrogen and oxygen atoms in total. The summed E-state index contributed by atoms with van der Waals surface area (Å²) >= 11 is 0. The van der Waals surface area contributed by atoms with Gasteiger partial charge in [-0.25, -0.2) is 4.79 Å². The maximum atomic E-state index is 13.1. The van der Waals surface area contributed by atoms with Gasteiger partial charge >= 0.3 is 12.1 Å². The van der Waals surface area contributed by atoms with Crippen LogP contribution in [0.15, 0.2) is 66.7 Å². The highest BCUT2D eigenvalue weighted by Gasteiger charge is 2.59. The van der Waals surface area contributed by atoms with Gasteiger partial charge in [0.2, 0.25) is 0 Å². The minimum Gasteiger partial charge on any atom is -0.467 e. The molecule has 3 aromatic rings. The van der Waals surface area contributed by atoms with Crippen molar-refractivity contribution >= 4 is 23.5 Å². The number of hydrogen-bond acceptors (Lipinski definition) is 4. The Morgan fingerprint density at radius 3 is 2.17 bits per heavy atom. The van der Waals surface area contributed by atoms with Crippen molar-refractivity contribution < 1.29 is 32.3 Å². The van der Waals surface area contributed by atoms with Gasteiger partial charge in [0, 0.05) is 23.4 Å². The molecule has 3 aromatic carbocycles. The molecule has 0 radical (unpaired) electrons. The third-order valence-electron chi connectivity index (χ3n) is 6.67. The number of methoxy groups -OCH3 is 1. The lowest BCUT2D eigenvalue weighted by Crippen LogP contribution is -2.44. The van der Waals surface area contributed by atoms with Crippen LogP contribution in [0.25, 0.3) is 11.1 Å². The number of anilines is 1. The van der Waals surface area contributed by atoms with E-state index in [0.717, 1.165) is 41.0 Å². The van der Waals surface area contributed by atoms with E-state index in [9.17, 15) is 27.6 Å². The molecule has 1 saturated carbocycles. The average Bonchev–Trinajstić information content (AvgIpc) is 3.61. The van der Waals surface area contributed by atoms with E-state index in [-0.39, 0.29) is 11.5 Å². The number of rotatable bonds is 5. The van der Waals surface area contributed by atoms with Crippen LogP contribution in [0.3, 0.4) is 0 Å². The predicted octanol–water partition coefficient (Wildman–Crippen LogP) is 5.29. The highest BCUT2D eigenvalue weighted by atomic mass is 19.4. The van der Waals surface area contributed by atoms with E-state index in [0.29, 0.717) is 30.6 Å². The van der Waals surface area contributed by atoms with Crippen LogP contribution in [0, 0.1) is 0 Å². The molecular formula is C27H21F3N2O4. The number of esters is 1. The third-order valence-corrected chi connectivity index (χ3v) is 6.67. The molecule has 0 atom stereocenters. The Bertz CT molecular complexity index is 1360. The van der Waals surface area contributed by atoms with Crippen molar-refractivity contribution in [3.8, 4) is 11.1 Å². The summed E-state index contributed by atoms with van der Waals surface area (Å²) in [5, 5.41) is 2.66. The molecule has 0 spiro atoms. The van der Waals surface area contributed by atoms with E-state index in [4.69, 9.17) is 4.74 Å². The molecule has 0 unspecified atom stereocenters. The first-order valence-corrected chi connectivity index (χ1v) is 11.2. The molecular weight excluding hydrogens is 473 g/mol. The molecule has 1 aliphatic carbocycles. The van der Waals surface area contributed by atoms with E-state index < -0.39 is 29.2 Å². The molecule has 1 aliphatic heterocycles. The Hall–Kier alpha value is -4.14. The lowest BCUT2D eigenvalue weighted by molar-refractivity contribution is -0.147. The number of alkyl halides is 3. The number of halogens is 3. The average molecular weight is 494 g/mol. The van der Waals surface area contributed by atoms with Crippen LogP contribution in [0.5, 0.6) is 0 Å². The Morgan fingerprint density at radius 2 is 1.58 bits per heavy atom. The second-order valence-electron chi connectivity index (χ2n) is 8.89. The zero-order valence-corrected chi connectivity index (χ0v) is 19.2.